The lowest BCUT2D eigenvalue weighted by atomic mass is 9.93. The Hall–Kier alpha value is -3.66. The van der Waals surface area contributed by atoms with E-state index in [0.717, 1.165) is 12.0 Å². The van der Waals surface area contributed by atoms with Crippen molar-refractivity contribution in [3.8, 4) is 11.5 Å². The molecule has 2 unspecified atom stereocenters. The summed E-state index contributed by atoms with van der Waals surface area (Å²) in [6, 6.07) is 9.49. The van der Waals surface area contributed by atoms with Gasteiger partial charge < -0.3 is 25.0 Å². The molecule has 172 valence electrons. The number of rotatable bonds is 6. The van der Waals surface area contributed by atoms with E-state index < -0.39 is 12.1 Å². The van der Waals surface area contributed by atoms with E-state index in [0.29, 0.717) is 36.7 Å². The molecule has 3 aliphatic heterocycles. The lowest BCUT2D eigenvalue weighted by Crippen LogP contribution is -2.70. The molecule has 0 bridgehead atoms. The van der Waals surface area contributed by atoms with Crippen LogP contribution in [0.1, 0.15) is 24.1 Å². The first kappa shape index (κ1) is 21.2. The van der Waals surface area contributed by atoms with Gasteiger partial charge in [0.05, 0.1) is 18.3 Å². The van der Waals surface area contributed by atoms with E-state index in [-0.39, 0.29) is 37.7 Å². The molecule has 4 amide bonds. The zero-order valence-corrected chi connectivity index (χ0v) is 18.0. The van der Waals surface area contributed by atoms with E-state index in [1.165, 1.54) is 9.80 Å². The standard InChI is InChI=1S/C23H25N5O5/c29-20(26-11-15-6-7-18-19(10-15)33-14-32-18)13-27-17-5-3-9-25-21(17)22(30)28(23(27)31)12-16-4-1-2-8-24-16/h1-2,4,6-8,10,17,21,25H,3,5,9,11-14H2,(H,26,29). The Labute approximate surface area is 190 Å². The third kappa shape index (κ3) is 4.34. The number of nitrogens with one attached hydrogen (secondary N) is 2. The molecule has 0 aliphatic carbocycles. The van der Waals surface area contributed by atoms with Gasteiger partial charge in [-0.3, -0.25) is 19.5 Å². The lowest BCUT2D eigenvalue weighted by Gasteiger charge is -2.46. The number of carbonyl (C=O) groups excluding carboxylic acids is 3. The van der Waals surface area contributed by atoms with Gasteiger partial charge in [0.1, 0.15) is 12.6 Å². The fourth-order valence-corrected chi connectivity index (χ4v) is 4.46. The van der Waals surface area contributed by atoms with Crippen molar-refractivity contribution >= 4 is 17.8 Å². The van der Waals surface area contributed by atoms with E-state index in [9.17, 15) is 14.4 Å². The van der Waals surface area contributed by atoms with Crippen LogP contribution < -0.4 is 20.1 Å². The van der Waals surface area contributed by atoms with Crippen molar-refractivity contribution in [1.29, 1.82) is 0 Å². The van der Waals surface area contributed by atoms with Gasteiger partial charge in [-0.25, -0.2) is 4.79 Å². The molecule has 0 saturated carbocycles. The molecule has 0 radical (unpaired) electrons. The van der Waals surface area contributed by atoms with Gasteiger partial charge in [0.2, 0.25) is 18.6 Å². The highest BCUT2D eigenvalue weighted by molar-refractivity contribution is 6.01. The van der Waals surface area contributed by atoms with Crippen LogP contribution in [0.25, 0.3) is 0 Å². The number of hydrogen-bond acceptors (Lipinski definition) is 7. The van der Waals surface area contributed by atoms with Crippen LogP contribution in [0.5, 0.6) is 11.5 Å². The van der Waals surface area contributed by atoms with Crippen LogP contribution in [0.3, 0.4) is 0 Å². The lowest BCUT2D eigenvalue weighted by molar-refractivity contribution is -0.139. The Balaban J connectivity index is 1.28. The van der Waals surface area contributed by atoms with E-state index in [2.05, 4.69) is 15.6 Å². The normalized spacial score (nSPS) is 21.7. The summed E-state index contributed by atoms with van der Waals surface area (Å²) in [6.07, 6.45) is 3.12. The molecular weight excluding hydrogens is 426 g/mol. The Morgan fingerprint density at radius 3 is 2.91 bits per heavy atom. The maximum Gasteiger partial charge on any atom is 0.327 e. The number of carbonyl (C=O) groups is 3. The maximum absolute atomic E-state index is 13.3. The van der Waals surface area contributed by atoms with Crippen molar-refractivity contribution < 1.29 is 23.9 Å². The summed E-state index contributed by atoms with van der Waals surface area (Å²) in [5.41, 5.74) is 1.47. The van der Waals surface area contributed by atoms with Crippen molar-refractivity contribution in [3.05, 3.63) is 53.9 Å². The van der Waals surface area contributed by atoms with Gasteiger partial charge in [0.25, 0.3) is 0 Å². The quantitative estimate of drug-likeness (QED) is 0.674. The predicted molar refractivity (Wildman–Crippen MR) is 116 cm³/mol. The number of amides is 4. The SMILES string of the molecule is O=C(CN1C(=O)N(Cc2ccccn2)C(=O)C2NCCCC21)NCc1ccc2c(c1)OCO2. The van der Waals surface area contributed by atoms with E-state index in [4.69, 9.17) is 9.47 Å². The molecule has 2 fully saturated rings. The summed E-state index contributed by atoms with van der Waals surface area (Å²) in [7, 11) is 0. The third-order valence-corrected chi connectivity index (χ3v) is 6.12. The summed E-state index contributed by atoms with van der Waals surface area (Å²) in [4.78, 5) is 46.1. The molecule has 3 aliphatic rings. The minimum atomic E-state index is -0.526. The highest BCUT2D eigenvalue weighted by Gasteiger charge is 2.47. The van der Waals surface area contributed by atoms with Crippen LogP contribution in [-0.2, 0) is 22.7 Å². The molecule has 1 aromatic heterocycles. The van der Waals surface area contributed by atoms with Crippen LogP contribution in [0.15, 0.2) is 42.6 Å². The van der Waals surface area contributed by atoms with Gasteiger partial charge in [-0.05, 0) is 49.2 Å². The average Bonchev–Trinajstić information content (AvgIpc) is 3.32. The van der Waals surface area contributed by atoms with Crippen molar-refractivity contribution in [1.82, 2.24) is 25.4 Å². The number of aromatic nitrogens is 1. The monoisotopic (exact) mass is 451 g/mol. The molecule has 2 N–H and O–H groups in total. The number of fused-ring (bicyclic) bond motifs is 2. The topological polar surface area (TPSA) is 113 Å². The molecule has 5 rings (SSSR count). The second-order valence-corrected chi connectivity index (χ2v) is 8.26. The van der Waals surface area contributed by atoms with Gasteiger partial charge in [-0.15, -0.1) is 0 Å². The van der Waals surface area contributed by atoms with Crippen molar-refractivity contribution in [3.63, 3.8) is 0 Å². The number of pyridine rings is 1. The second-order valence-electron chi connectivity index (χ2n) is 8.26. The number of imide groups is 1. The van der Waals surface area contributed by atoms with Crippen LogP contribution in [0.2, 0.25) is 0 Å². The molecule has 2 saturated heterocycles. The molecule has 33 heavy (non-hydrogen) atoms. The molecule has 2 aromatic rings. The van der Waals surface area contributed by atoms with E-state index in [1.807, 2.05) is 18.2 Å². The number of nitrogens with zero attached hydrogens (tertiary/aromatic N) is 3. The Morgan fingerprint density at radius 1 is 1.18 bits per heavy atom. The minimum Gasteiger partial charge on any atom is -0.454 e. The summed E-state index contributed by atoms with van der Waals surface area (Å²) in [6.45, 7) is 1.12. The summed E-state index contributed by atoms with van der Waals surface area (Å²) in [5, 5.41) is 6.09. The van der Waals surface area contributed by atoms with Gasteiger partial charge in [0, 0.05) is 12.7 Å². The van der Waals surface area contributed by atoms with Crippen LogP contribution in [-0.4, -0.2) is 64.6 Å². The fraction of sp³-hybridized carbons (Fsp3) is 0.391. The first-order valence-electron chi connectivity index (χ1n) is 11.0. The Bertz CT molecular complexity index is 1060. The molecule has 4 heterocycles. The molecule has 10 nitrogen and oxygen atoms in total. The van der Waals surface area contributed by atoms with Crippen molar-refractivity contribution in [2.45, 2.75) is 38.0 Å². The maximum atomic E-state index is 13.3. The van der Waals surface area contributed by atoms with Crippen LogP contribution in [0, 0.1) is 0 Å². The second kappa shape index (κ2) is 9.07. The van der Waals surface area contributed by atoms with Crippen molar-refractivity contribution in [2.24, 2.45) is 0 Å². The van der Waals surface area contributed by atoms with Gasteiger partial charge >= 0.3 is 6.03 Å². The number of piperidine rings is 1. The van der Waals surface area contributed by atoms with Gasteiger partial charge in [0.15, 0.2) is 11.5 Å². The summed E-state index contributed by atoms with van der Waals surface area (Å²) < 4.78 is 10.7. The highest BCUT2D eigenvalue weighted by Crippen LogP contribution is 2.32. The summed E-state index contributed by atoms with van der Waals surface area (Å²) in [5.74, 6) is 0.759. The zero-order valence-electron chi connectivity index (χ0n) is 18.0. The van der Waals surface area contributed by atoms with Gasteiger partial charge in [-0.2, -0.15) is 0 Å². The number of ether oxygens (including phenoxy) is 2. The molecule has 1 aromatic carbocycles. The molecule has 0 spiro atoms. The Morgan fingerprint density at radius 2 is 2.06 bits per heavy atom. The van der Waals surface area contributed by atoms with Crippen LogP contribution >= 0.6 is 0 Å². The molecule has 10 heteroatoms. The fourth-order valence-electron chi connectivity index (χ4n) is 4.46. The first-order valence-corrected chi connectivity index (χ1v) is 11.0. The Kier molecular flexibility index (Phi) is 5.82. The number of urea groups is 1. The largest absolute Gasteiger partial charge is 0.454 e. The van der Waals surface area contributed by atoms with Crippen molar-refractivity contribution in [2.75, 3.05) is 19.9 Å². The average molecular weight is 451 g/mol. The minimum absolute atomic E-state index is 0.0682. The summed E-state index contributed by atoms with van der Waals surface area (Å²) >= 11 is 0. The predicted octanol–water partition coefficient (Wildman–Crippen LogP) is 1.01. The number of benzene rings is 1. The highest BCUT2D eigenvalue weighted by atomic mass is 16.7. The zero-order chi connectivity index (χ0) is 22.8. The third-order valence-electron chi connectivity index (χ3n) is 6.12. The first-order chi connectivity index (χ1) is 16.1. The van der Waals surface area contributed by atoms with E-state index >= 15 is 0 Å². The smallest absolute Gasteiger partial charge is 0.327 e. The van der Waals surface area contributed by atoms with Gasteiger partial charge in [-0.1, -0.05) is 12.1 Å². The molecular formula is C23H25N5O5. The van der Waals surface area contributed by atoms with Crippen LogP contribution in [0.4, 0.5) is 4.79 Å². The number of hydrogen-bond donors (Lipinski definition) is 2. The molecule has 2 atom stereocenters. The van der Waals surface area contributed by atoms with E-state index in [1.54, 1.807) is 24.4 Å².